The van der Waals surface area contributed by atoms with E-state index < -0.39 is 11.1 Å². The fourth-order valence-corrected chi connectivity index (χ4v) is 1.20. The minimum Gasteiger partial charge on any atom is -0.394 e. The van der Waals surface area contributed by atoms with Gasteiger partial charge in [-0.25, -0.2) is 10.1 Å². The molecule has 0 unspecified atom stereocenters. The largest absolute Gasteiger partial charge is 0.394 e. The Labute approximate surface area is 81.5 Å². The second-order valence-corrected chi connectivity index (χ2v) is 2.96. The van der Waals surface area contributed by atoms with Crippen molar-refractivity contribution in [1.82, 2.24) is 5.43 Å². The van der Waals surface area contributed by atoms with E-state index in [1.165, 1.54) is 0 Å². The first-order chi connectivity index (χ1) is 6.72. The number of aliphatic hydroxyl groups excluding tert-OH is 1. The number of benzene rings is 1. The van der Waals surface area contributed by atoms with Crippen molar-refractivity contribution < 1.29 is 10.1 Å². The summed E-state index contributed by atoms with van der Waals surface area (Å²) in [6, 6.07) is 8.78. The summed E-state index contributed by atoms with van der Waals surface area (Å²) < 4.78 is 0. The van der Waals surface area contributed by atoms with Crippen LogP contribution < -0.4 is 5.43 Å². The maximum absolute atomic E-state index is 10.1. The van der Waals surface area contributed by atoms with Crippen molar-refractivity contribution in [2.24, 2.45) is 0 Å². The lowest BCUT2D eigenvalue weighted by atomic mass is 10.1. The molecule has 0 bridgehead atoms. The van der Waals surface area contributed by atoms with Gasteiger partial charge >= 0.3 is 0 Å². The van der Waals surface area contributed by atoms with Crippen LogP contribution in [0.5, 0.6) is 0 Å². The van der Waals surface area contributed by atoms with Crippen LogP contribution in [0.2, 0.25) is 0 Å². The highest BCUT2D eigenvalue weighted by atomic mass is 16.7. The van der Waals surface area contributed by atoms with E-state index >= 15 is 0 Å². The summed E-state index contributed by atoms with van der Waals surface area (Å²) in [5.41, 5.74) is 3.01. The molecule has 0 aliphatic carbocycles. The van der Waals surface area contributed by atoms with Gasteiger partial charge in [-0.2, -0.15) is 0 Å². The fourth-order valence-electron chi connectivity index (χ4n) is 1.20. The number of nitrogens with one attached hydrogen (secondary N) is 1. The van der Waals surface area contributed by atoms with Gasteiger partial charge in [0.25, 0.3) is 0 Å². The van der Waals surface area contributed by atoms with E-state index in [-0.39, 0.29) is 6.61 Å². The van der Waals surface area contributed by atoms with Gasteiger partial charge in [-0.05, 0) is 5.56 Å². The predicted octanol–water partition coefficient (Wildman–Crippen LogP) is 0.371. The number of hydrogen-bond donors (Lipinski definition) is 2. The second kappa shape index (κ2) is 5.18. The summed E-state index contributed by atoms with van der Waals surface area (Å²) in [5.74, 6) is 0. The summed E-state index contributed by atoms with van der Waals surface area (Å²) in [6.45, 7) is -0.254. The standard InChI is InChI=1S/C9H12N2O3/c12-7-9(10-11(13)14)6-8-4-2-1-3-5-8/h1-5,9-10,12H,6-7H2/t9-/m0/s1. The topological polar surface area (TPSA) is 75.4 Å². The van der Waals surface area contributed by atoms with Crippen LogP contribution in [-0.4, -0.2) is 22.8 Å². The third-order valence-electron chi connectivity index (χ3n) is 1.83. The highest BCUT2D eigenvalue weighted by Crippen LogP contribution is 2.02. The maximum atomic E-state index is 10.1. The summed E-state index contributed by atoms with van der Waals surface area (Å²) in [5, 5.41) is 18.4. The van der Waals surface area contributed by atoms with Gasteiger partial charge in [0.15, 0.2) is 5.03 Å². The van der Waals surface area contributed by atoms with E-state index in [4.69, 9.17) is 5.11 Å². The summed E-state index contributed by atoms with van der Waals surface area (Å²) >= 11 is 0. The van der Waals surface area contributed by atoms with E-state index in [1.807, 2.05) is 30.3 Å². The average molecular weight is 196 g/mol. The molecule has 1 aromatic rings. The van der Waals surface area contributed by atoms with Gasteiger partial charge in [0, 0.05) is 6.42 Å². The van der Waals surface area contributed by atoms with Crippen molar-refractivity contribution in [2.45, 2.75) is 12.5 Å². The second-order valence-electron chi connectivity index (χ2n) is 2.96. The molecule has 0 spiro atoms. The molecule has 0 fully saturated rings. The van der Waals surface area contributed by atoms with E-state index in [1.54, 1.807) is 0 Å². The van der Waals surface area contributed by atoms with Crippen molar-refractivity contribution in [3.05, 3.63) is 46.0 Å². The highest BCUT2D eigenvalue weighted by molar-refractivity contribution is 5.15. The predicted molar refractivity (Wildman–Crippen MR) is 51.1 cm³/mol. The number of nitrogens with zero attached hydrogens (tertiary/aromatic N) is 1. The molecule has 0 saturated heterocycles. The monoisotopic (exact) mass is 196 g/mol. The Morgan fingerprint density at radius 2 is 2.07 bits per heavy atom. The molecule has 76 valence electrons. The molecule has 5 nitrogen and oxygen atoms in total. The smallest absolute Gasteiger partial charge is 0.157 e. The number of hydrogen-bond acceptors (Lipinski definition) is 3. The van der Waals surface area contributed by atoms with Crippen LogP contribution in [-0.2, 0) is 6.42 Å². The van der Waals surface area contributed by atoms with Crippen molar-refractivity contribution in [2.75, 3.05) is 6.61 Å². The molecule has 5 heteroatoms. The lowest BCUT2D eigenvalue weighted by Gasteiger charge is -2.10. The van der Waals surface area contributed by atoms with Gasteiger partial charge in [0.05, 0.1) is 6.61 Å². The quantitative estimate of drug-likeness (QED) is 0.527. The Morgan fingerprint density at radius 3 is 2.57 bits per heavy atom. The third-order valence-corrected chi connectivity index (χ3v) is 1.83. The molecule has 14 heavy (non-hydrogen) atoms. The van der Waals surface area contributed by atoms with Crippen LogP contribution >= 0.6 is 0 Å². The number of aliphatic hydroxyl groups is 1. The molecule has 0 heterocycles. The van der Waals surface area contributed by atoms with Gasteiger partial charge in [-0.3, -0.25) is 0 Å². The molecule has 1 atom stereocenters. The van der Waals surface area contributed by atoms with Gasteiger partial charge in [0.2, 0.25) is 0 Å². The molecule has 0 radical (unpaired) electrons. The van der Waals surface area contributed by atoms with Crippen molar-refractivity contribution >= 4 is 0 Å². The van der Waals surface area contributed by atoms with Crippen LogP contribution in [0.15, 0.2) is 30.3 Å². The molecule has 0 aromatic heterocycles. The molecular weight excluding hydrogens is 184 g/mol. The molecule has 0 amide bonds. The molecule has 0 saturated carbocycles. The van der Waals surface area contributed by atoms with Crippen LogP contribution in [0, 0.1) is 10.1 Å². The third kappa shape index (κ3) is 3.40. The van der Waals surface area contributed by atoms with E-state index in [2.05, 4.69) is 5.43 Å². The fraction of sp³-hybridized carbons (Fsp3) is 0.333. The lowest BCUT2D eigenvalue weighted by molar-refractivity contribution is -0.551. The zero-order chi connectivity index (χ0) is 10.4. The van der Waals surface area contributed by atoms with Crippen molar-refractivity contribution in [3.63, 3.8) is 0 Å². The molecule has 0 aliphatic heterocycles. The van der Waals surface area contributed by atoms with Gasteiger partial charge in [-0.1, -0.05) is 30.3 Å². The van der Waals surface area contributed by atoms with Gasteiger partial charge in [-0.15, -0.1) is 5.43 Å². The minimum atomic E-state index is -0.635. The maximum Gasteiger partial charge on any atom is 0.157 e. The zero-order valence-electron chi connectivity index (χ0n) is 7.59. The Hall–Kier alpha value is -1.62. The first-order valence-electron chi connectivity index (χ1n) is 4.27. The van der Waals surface area contributed by atoms with Crippen LogP contribution in [0.4, 0.5) is 0 Å². The first-order valence-corrected chi connectivity index (χ1v) is 4.27. The molecular formula is C9H12N2O3. The first kappa shape index (κ1) is 10.5. The Balaban J connectivity index is 2.53. The molecule has 0 aliphatic rings. The van der Waals surface area contributed by atoms with E-state index in [0.29, 0.717) is 6.42 Å². The van der Waals surface area contributed by atoms with E-state index in [0.717, 1.165) is 5.56 Å². The van der Waals surface area contributed by atoms with Crippen molar-refractivity contribution in [1.29, 1.82) is 0 Å². The molecule has 1 aromatic carbocycles. The number of nitro groups is 1. The summed E-state index contributed by atoms with van der Waals surface area (Å²) in [7, 11) is 0. The van der Waals surface area contributed by atoms with Crippen LogP contribution in [0.1, 0.15) is 5.56 Å². The number of rotatable bonds is 5. The van der Waals surface area contributed by atoms with Crippen molar-refractivity contribution in [3.8, 4) is 0 Å². The average Bonchev–Trinajstić information content (AvgIpc) is 2.17. The molecule has 2 N–H and O–H groups in total. The lowest BCUT2D eigenvalue weighted by Crippen LogP contribution is -2.38. The Kier molecular flexibility index (Phi) is 3.87. The number of hydrazine groups is 1. The van der Waals surface area contributed by atoms with Gasteiger partial charge < -0.3 is 5.11 Å². The van der Waals surface area contributed by atoms with E-state index in [9.17, 15) is 10.1 Å². The minimum absolute atomic E-state index is 0.254. The Bertz CT molecular complexity index is 289. The Morgan fingerprint density at radius 1 is 1.43 bits per heavy atom. The summed E-state index contributed by atoms with van der Waals surface area (Å²) in [6.07, 6.45) is 0.443. The zero-order valence-corrected chi connectivity index (χ0v) is 7.59. The van der Waals surface area contributed by atoms with Crippen LogP contribution in [0.3, 0.4) is 0 Å². The van der Waals surface area contributed by atoms with Crippen LogP contribution in [0.25, 0.3) is 0 Å². The SMILES string of the molecule is O=[N+]([O-])N[C@H](CO)Cc1ccccc1. The molecule has 1 rings (SSSR count). The highest BCUT2D eigenvalue weighted by Gasteiger charge is 2.12. The van der Waals surface area contributed by atoms with Gasteiger partial charge in [0.1, 0.15) is 6.04 Å². The summed E-state index contributed by atoms with van der Waals surface area (Å²) in [4.78, 5) is 10.1. The normalized spacial score (nSPS) is 12.1.